The van der Waals surface area contributed by atoms with Crippen LogP contribution in [-0.2, 0) is 20.0 Å². The van der Waals surface area contributed by atoms with Crippen molar-refractivity contribution in [3.63, 3.8) is 0 Å². The summed E-state index contributed by atoms with van der Waals surface area (Å²) in [4.78, 5) is 0. The third kappa shape index (κ3) is 4.92. The van der Waals surface area contributed by atoms with Crippen molar-refractivity contribution < 1.29 is 16.8 Å². The highest BCUT2D eigenvalue weighted by atomic mass is 32.2. The summed E-state index contributed by atoms with van der Waals surface area (Å²) in [6.45, 7) is 3.72. The van der Waals surface area contributed by atoms with Crippen molar-refractivity contribution in [1.82, 2.24) is 8.61 Å². The highest BCUT2D eigenvalue weighted by molar-refractivity contribution is 7.89. The average molecular weight is 258 g/mol. The van der Waals surface area contributed by atoms with Gasteiger partial charge in [0.25, 0.3) is 0 Å². The molecular formula is C7H18N2O4S2. The fourth-order valence-electron chi connectivity index (χ4n) is 1.05. The van der Waals surface area contributed by atoms with Crippen LogP contribution >= 0.6 is 0 Å². The number of hydrogen-bond acceptors (Lipinski definition) is 4. The SMILES string of the molecule is CCN(CN(CC)S(C)(=O)=O)S(C)(=O)=O. The molecule has 0 aliphatic rings. The molecule has 0 radical (unpaired) electrons. The lowest BCUT2D eigenvalue weighted by molar-refractivity contribution is 0.304. The number of nitrogens with zero attached hydrogens (tertiary/aromatic N) is 2. The zero-order chi connectivity index (χ0) is 12.3. The van der Waals surface area contributed by atoms with Crippen LogP contribution in [0.3, 0.4) is 0 Å². The minimum atomic E-state index is -3.35. The Morgan fingerprint density at radius 1 is 0.800 bits per heavy atom. The third-order valence-electron chi connectivity index (χ3n) is 1.96. The third-order valence-corrected chi connectivity index (χ3v) is 4.58. The molecule has 6 nitrogen and oxygen atoms in total. The van der Waals surface area contributed by atoms with Gasteiger partial charge in [-0.15, -0.1) is 0 Å². The molecule has 0 aliphatic carbocycles. The second kappa shape index (κ2) is 5.24. The summed E-state index contributed by atoms with van der Waals surface area (Å²) < 4.78 is 47.2. The van der Waals surface area contributed by atoms with Crippen LogP contribution in [0.2, 0.25) is 0 Å². The van der Waals surface area contributed by atoms with E-state index in [1.807, 2.05) is 0 Å². The van der Waals surface area contributed by atoms with E-state index < -0.39 is 20.0 Å². The van der Waals surface area contributed by atoms with Crippen LogP contribution in [-0.4, -0.2) is 57.7 Å². The van der Waals surface area contributed by atoms with Gasteiger partial charge < -0.3 is 0 Å². The maximum Gasteiger partial charge on any atom is 0.212 e. The highest BCUT2D eigenvalue weighted by Gasteiger charge is 2.22. The standard InChI is InChI=1S/C7H18N2O4S2/c1-5-8(14(3,10)11)7-9(6-2)15(4,12)13/h5-7H2,1-4H3. The second-order valence-corrected chi connectivity index (χ2v) is 7.17. The van der Waals surface area contributed by atoms with Crippen molar-refractivity contribution in [3.8, 4) is 0 Å². The summed E-state index contributed by atoms with van der Waals surface area (Å²) in [5.41, 5.74) is 0. The molecule has 0 unspecified atom stereocenters. The first-order valence-corrected chi connectivity index (χ1v) is 8.22. The summed E-state index contributed by atoms with van der Waals surface area (Å²) in [7, 11) is -6.71. The average Bonchev–Trinajstić information content (AvgIpc) is 2.01. The number of sulfonamides is 2. The molecule has 92 valence electrons. The number of rotatable bonds is 6. The molecule has 0 aromatic heterocycles. The lowest BCUT2D eigenvalue weighted by atomic mass is 10.7. The van der Waals surface area contributed by atoms with E-state index in [1.165, 1.54) is 0 Å². The fraction of sp³-hybridized carbons (Fsp3) is 1.00. The lowest BCUT2D eigenvalue weighted by Gasteiger charge is -2.25. The zero-order valence-electron chi connectivity index (χ0n) is 9.47. The summed E-state index contributed by atoms with van der Waals surface area (Å²) in [6, 6.07) is 0. The molecule has 0 aromatic carbocycles. The summed E-state index contributed by atoms with van der Waals surface area (Å²) in [5.74, 6) is 0. The van der Waals surface area contributed by atoms with E-state index in [4.69, 9.17) is 0 Å². The van der Waals surface area contributed by atoms with Gasteiger partial charge in [0.05, 0.1) is 19.2 Å². The monoisotopic (exact) mass is 258 g/mol. The molecule has 0 aromatic rings. The van der Waals surface area contributed by atoms with Gasteiger partial charge in [-0.1, -0.05) is 13.8 Å². The molecule has 0 N–H and O–H groups in total. The molecule has 0 heterocycles. The predicted octanol–water partition coefficient (Wildman–Crippen LogP) is -0.493. The van der Waals surface area contributed by atoms with Gasteiger partial charge in [0.2, 0.25) is 20.0 Å². The van der Waals surface area contributed by atoms with Gasteiger partial charge in [-0.05, 0) is 0 Å². The second-order valence-electron chi connectivity index (χ2n) is 3.20. The van der Waals surface area contributed by atoms with E-state index in [0.717, 1.165) is 21.1 Å². The molecule has 0 fully saturated rings. The van der Waals surface area contributed by atoms with Crippen LogP contribution in [0.4, 0.5) is 0 Å². The molecule has 0 bridgehead atoms. The van der Waals surface area contributed by atoms with Gasteiger partial charge in [-0.3, -0.25) is 0 Å². The van der Waals surface area contributed by atoms with Crippen LogP contribution in [0.15, 0.2) is 0 Å². The summed E-state index contributed by atoms with van der Waals surface area (Å²) >= 11 is 0. The Morgan fingerprint density at radius 2 is 1.07 bits per heavy atom. The van der Waals surface area contributed by atoms with Gasteiger partial charge in [-0.2, -0.15) is 8.61 Å². The van der Waals surface area contributed by atoms with Crippen molar-refractivity contribution in [1.29, 1.82) is 0 Å². The first-order valence-electron chi connectivity index (χ1n) is 4.53. The lowest BCUT2D eigenvalue weighted by Crippen LogP contribution is -2.43. The molecule has 0 amide bonds. The first kappa shape index (κ1) is 14.8. The Morgan fingerprint density at radius 3 is 1.20 bits per heavy atom. The van der Waals surface area contributed by atoms with Gasteiger partial charge in [0.1, 0.15) is 0 Å². The summed E-state index contributed by atoms with van der Waals surface area (Å²) in [6.07, 6.45) is 2.12. The maximum absolute atomic E-state index is 11.2. The molecule has 15 heavy (non-hydrogen) atoms. The van der Waals surface area contributed by atoms with Crippen LogP contribution in [0.1, 0.15) is 13.8 Å². The smallest absolute Gasteiger partial charge is 0.212 e. The molecule has 0 saturated heterocycles. The van der Waals surface area contributed by atoms with Crippen molar-refractivity contribution in [2.75, 3.05) is 32.3 Å². The van der Waals surface area contributed by atoms with E-state index in [0.29, 0.717) is 0 Å². The van der Waals surface area contributed by atoms with E-state index in [1.54, 1.807) is 13.8 Å². The van der Waals surface area contributed by atoms with Gasteiger partial charge in [0, 0.05) is 13.1 Å². The first-order chi connectivity index (χ1) is 6.62. The van der Waals surface area contributed by atoms with Crippen molar-refractivity contribution in [3.05, 3.63) is 0 Å². The maximum atomic E-state index is 11.2. The molecular weight excluding hydrogens is 240 g/mol. The quantitative estimate of drug-likeness (QED) is 0.602. The Labute approximate surface area is 92.0 Å². The normalized spacial score (nSPS) is 13.7. The van der Waals surface area contributed by atoms with Crippen molar-refractivity contribution in [2.45, 2.75) is 13.8 Å². The van der Waals surface area contributed by atoms with Gasteiger partial charge in [0.15, 0.2) is 0 Å². The zero-order valence-corrected chi connectivity index (χ0v) is 11.1. The van der Waals surface area contributed by atoms with Crippen LogP contribution in [0, 0.1) is 0 Å². The van der Waals surface area contributed by atoms with E-state index in [-0.39, 0.29) is 19.8 Å². The molecule has 0 saturated carbocycles. The topological polar surface area (TPSA) is 74.8 Å². The van der Waals surface area contributed by atoms with E-state index in [9.17, 15) is 16.8 Å². The van der Waals surface area contributed by atoms with Gasteiger partial charge >= 0.3 is 0 Å². The summed E-state index contributed by atoms with van der Waals surface area (Å²) in [5, 5.41) is 0. The molecule has 0 rings (SSSR count). The van der Waals surface area contributed by atoms with E-state index >= 15 is 0 Å². The molecule has 0 atom stereocenters. The Hall–Kier alpha value is -0.180. The molecule has 8 heteroatoms. The largest absolute Gasteiger partial charge is 0.212 e. The number of hydrogen-bond donors (Lipinski definition) is 0. The van der Waals surface area contributed by atoms with Crippen LogP contribution in [0.5, 0.6) is 0 Å². The predicted molar refractivity (Wildman–Crippen MR) is 59.3 cm³/mol. The van der Waals surface area contributed by atoms with Crippen molar-refractivity contribution >= 4 is 20.0 Å². The van der Waals surface area contributed by atoms with Crippen LogP contribution < -0.4 is 0 Å². The molecule has 0 aliphatic heterocycles. The van der Waals surface area contributed by atoms with E-state index in [2.05, 4.69) is 0 Å². The Kier molecular flexibility index (Phi) is 5.18. The van der Waals surface area contributed by atoms with Crippen LogP contribution in [0.25, 0.3) is 0 Å². The fourth-order valence-corrected chi connectivity index (χ4v) is 2.76. The Balaban J connectivity index is 4.83. The highest BCUT2D eigenvalue weighted by Crippen LogP contribution is 2.04. The van der Waals surface area contributed by atoms with Gasteiger partial charge in [-0.25, -0.2) is 16.8 Å². The minimum absolute atomic E-state index is 0.120. The van der Waals surface area contributed by atoms with Crippen molar-refractivity contribution in [2.24, 2.45) is 0 Å². The molecule has 0 spiro atoms. The minimum Gasteiger partial charge on any atom is -0.212 e. The Bertz CT molecular complexity index is 349.